The quantitative estimate of drug-likeness (QED) is 0.693. The fourth-order valence-corrected chi connectivity index (χ4v) is 0.939. The lowest BCUT2D eigenvalue weighted by molar-refractivity contribution is 0.927. The molecule has 60 valence electrons. The summed E-state index contributed by atoms with van der Waals surface area (Å²) in [5, 5.41) is 0. The molecular weight excluding hydrogens is 136 g/mol. The van der Waals surface area contributed by atoms with E-state index in [0.29, 0.717) is 0 Å². The summed E-state index contributed by atoms with van der Waals surface area (Å²) in [6.07, 6.45) is 9.24. The van der Waals surface area contributed by atoms with E-state index in [1.807, 2.05) is 17.8 Å². The molecule has 11 heavy (non-hydrogen) atoms. The number of rotatable bonds is 3. The zero-order valence-electron chi connectivity index (χ0n) is 6.83. The molecule has 1 rings (SSSR count). The molecule has 0 atom stereocenters. The molecule has 0 fully saturated rings. The van der Waals surface area contributed by atoms with E-state index in [-0.39, 0.29) is 0 Å². The van der Waals surface area contributed by atoms with Crippen molar-refractivity contribution >= 4 is 6.08 Å². The fraction of sp³-hybridized carbons (Fsp3) is 0.333. The third kappa shape index (κ3) is 2.60. The van der Waals surface area contributed by atoms with Crippen molar-refractivity contribution in [2.24, 2.45) is 12.8 Å². The monoisotopic (exact) mass is 150 g/mol. The second-order valence-corrected chi connectivity index (χ2v) is 2.59. The Morgan fingerprint density at radius 2 is 2.45 bits per heavy atom. The Labute approximate surface area is 67.3 Å². The van der Waals surface area contributed by atoms with Crippen LogP contribution in [0.4, 0.5) is 0 Å². The van der Waals surface area contributed by atoms with E-state index in [1.165, 1.54) is 5.56 Å². The summed E-state index contributed by atoms with van der Waals surface area (Å²) < 4.78 is 2.03. The third-order valence-corrected chi connectivity index (χ3v) is 1.50. The van der Waals surface area contributed by atoms with Gasteiger partial charge in [0, 0.05) is 19.4 Å². The Balaban J connectivity index is 2.50. The predicted octanol–water partition coefficient (Wildman–Crippen LogP) is 1.39. The largest absolute Gasteiger partial charge is 0.357 e. The highest BCUT2D eigenvalue weighted by molar-refractivity contribution is 5.47. The summed E-state index contributed by atoms with van der Waals surface area (Å²) in [4.78, 5) is 0. The topological polar surface area (TPSA) is 30.9 Å². The molecule has 0 saturated heterocycles. The van der Waals surface area contributed by atoms with Crippen molar-refractivity contribution in [2.75, 3.05) is 6.54 Å². The van der Waals surface area contributed by atoms with Crippen molar-refractivity contribution in [1.29, 1.82) is 0 Å². The highest BCUT2D eigenvalue weighted by Crippen LogP contribution is 2.01. The highest BCUT2D eigenvalue weighted by Gasteiger charge is 1.86. The lowest BCUT2D eigenvalue weighted by atomic mass is 10.3. The fourth-order valence-electron chi connectivity index (χ4n) is 0.939. The lowest BCUT2D eigenvalue weighted by Gasteiger charge is -1.85. The third-order valence-electron chi connectivity index (χ3n) is 1.50. The first-order chi connectivity index (χ1) is 5.33. The normalized spacial score (nSPS) is 11.1. The zero-order valence-corrected chi connectivity index (χ0v) is 6.83. The van der Waals surface area contributed by atoms with Gasteiger partial charge in [0.25, 0.3) is 0 Å². The van der Waals surface area contributed by atoms with E-state index in [4.69, 9.17) is 5.73 Å². The van der Waals surface area contributed by atoms with Crippen molar-refractivity contribution in [3.05, 3.63) is 30.1 Å². The van der Waals surface area contributed by atoms with Gasteiger partial charge in [0.05, 0.1) is 0 Å². The van der Waals surface area contributed by atoms with Gasteiger partial charge in [0.1, 0.15) is 0 Å². The molecule has 0 saturated carbocycles. The van der Waals surface area contributed by atoms with Gasteiger partial charge in [-0.15, -0.1) is 0 Å². The Kier molecular flexibility index (Phi) is 2.93. The number of hydrogen-bond donors (Lipinski definition) is 1. The summed E-state index contributed by atoms with van der Waals surface area (Å²) in [5.41, 5.74) is 6.58. The number of aryl methyl sites for hydroxylation is 1. The second kappa shape index (κ2) is 3.98. The minimum absolute atomic E-state index is 0.726. The average Bonchev–Trinajstić information content (AvgIpc) is 2.37. The van der Waals surface area contributed by atoms with Gasteiger partial charge in [-0.1, -0.05) is 12.2 Å². The van der Waals surface area contributed by atoms with Crippen LogP contribution in [0.25, 0.3) is 6.08 Å². The van der Waals surface area contributed by atoms with Crippen LogP contribution in [-0.4, -0.2) is 11.1 Å². The smallest absolute Gasteiger partial charge is 0.0106 e. The van der Waals surface area contributed by atoms with Gasteiger partial charge < -0.3 is 10.3 Å². The standard InChI is InChI=1S/C9H14N2/c1-11-7-5-9(8-11)4-2-3-6-10/h2,4-5,7-8H,3,6,10H2,1H3/b4-2+. The SMILES string of the molecule is Cn1ccc(/C=C/CCN)c1. The first-order valence-corrected chi connectivity index (χ1v) is 3.81. The second-order valence-electron chi connectivity index (χ2n) is 2.59. The summed E-state index contributed by atoms with van der Waals surface area (Å²) in [6.45, 7) is 0.726. The number of nitrogens with two attached hydrogens (primary N) is 1. The Hall–Kier alpha value is -1.02. The maximum Gasteiger partial charge on any atom is 0.0106 e. The van der Waals surface area contributed by atoms with Gasteiger partial charge in [0.15, 0.2) is 0 Å². The van der Waals surface area contributed by atoms with E-state index >= 15 is 0 Å². The van der Waals surface area contributed by atoms with Crippen LogP contribution >= 0.6 is 0 Å². The molecule has 2 N–H and O–H groups in total. The van der Waals surface area contributed by atoms with Gasteiger partial charge in [-0.2, -0.15) is 0 Å². The van der Waals surface area contributed by atoms with Gasteiger partial charge in [0.2, 0.25) is 0 Å². The van der Waals surface area contributed by atoms with Crippen LogP contribution in [0.2, 0.25) is 0 Å². The summed E-state index contributed by atoms with van der Waals surface area (Å²) in [6, 6.07) is 2.08. The van der Waals surface area contributed by atoms with Crippen molar-refractivity contribution in [3.63, 3.8) is 0 Å². The van der Waals surface area contributed by atoms with E-state index in [0.717, 1.165) is 13.0 Å². The lowest BCUT2D eigenvalue weighted by Crippen LogP contribution is -1.94. The van der Waals surface area contributed by atoms with Crippen LogP contribution in [0.1, 0.15) is 12.0 Å². The van der Waals surface area contributed by atoms with Crippen molar-refractivity contribution in [3.8, 4) is 0 Å². The Morgan fingerprint density at radius 3 is 3.00 bits per heavy atom. The summed E-state index contributed by atoms with van der Waals surface area (Å²) in [7, 11) is 2.01. The van der Waals surface area contributed by atoms with Gasteiger partial charge in [-0.05, 0) is 24.6 Å². The van der Waals surface area contributed by atoms with E-state index < -0.39 is 0 Å². The first kappa shape index (κ1) is 8.08. The van der Waals surface area contributed by atoms with E-state index in [2.05, 4.69) is 24.4 Å². The molecule has 2 heteroatoms. The molecule has 0 spiro atoms. The maximum absolute atomic E-state index is 5.34. The molecule has 2 nitrogen and oxygen atoms in total. The van der Waals surface area contributed by atoms with Crippen LogP contribution in [-0.2, 0) is 7.05 Å². The minimum atomic E-state index is 0.726. The molecule has 1 heterocycles. The molecule has 0 amide bonds. The Morgan fingerprint density at radius 1 is 1.64 bits per heavy atom. The molecule has 1 aromatic rings. The number of aromatic nitrogens is 1. The average molecular weight is 150 g/mol. The van der Waals surface area contributed by atoms with E-state index in [9.17, 15) is 0 Å². The minimum Gasteiger partial charge on any atom is -0.357 e. The van der Waals surface area contributed by atoms with Crippen LogP contribution in [0, 0.1) is 0 Å². The molecule has 0 aliphatic carbocycles. The van der Waals surface area contributed by atoms with Gasteiger partial charge in [-0.25, -0.2) is 0 Å². The Bertz CT molecular complexity index is 235. The molecule has 0 aromatic carbocycles. The summed E-state index contributed by atoms with van der Waals surface area (Å²) in [5.74, 6) is 0. The number of hydrogen-bond acceptors (Lipinski definition) is 1. The molecule has 0 unspecified atom stereocenters. The van der Waals surface area contributed by atoms with Crippen molar-refractivity contribution < 1.29 is 0 Å². The van der Waals surface area contributed by atoms with Gasteiger partial charge >= 0.3 is 0 Å². The molecule has 0 bridgehead atoms. The zero-order chi connectivity index (χ0) is 8.10. The van der Waals surface area contributed by atoms with Crippen molar-refractivity contribution in [2.45, 2.75) is 6.42 Å². The molecule has 0 aliphatic heterocycles. The van der Waals surface area contributed by atoms with Crippen LogP contribution in [0.15, 0.2) is 24.5 Å². The maximum atomic E-state index is 5.34. The van der Waals surface area contributed by atoms with Crippen molar-refractivity contribution in [1.82, 2.24) is 4.57 Å². The van der Waals surface area contributed by atoms with E-state index in [1.54, 1.807) is 0 Å². The molecule has 1 aromatic heterocycles. The van der Waals surface area contributed by atoms with Gasteiger partial charge in [-0.3, -0.25) is 0 Å². The predicted molar refractivity (Wildman–Crippen MR) is 48.1 cm³/mol. The van der Waals surface area contributed by atoms with Crippen LogP contribution in [0.3, 0.4) is 0 Å². The first-order valence-electron chi connectivity index (χ1n) is 3.81. The van der Waals surface area contributed by atoms with Crippen LogP contribution < -0.4 is 5.73 Å². The molecule has 0 radical (unpaired) electrons. The highest BCUT2D eigenvalue weighted by atomic mass is 14.9. The van der Waals surface area contributed by atoms with Crippen LogP contribution in [0.5, 0.6) is 0 Å². The number of nitrogens with zero attached hydrogens (tertiary/aromatic N) is 1. The molecule has 0 aliphatic rings. The summed E-state index contributed by atoms with van der Waals surface area (Å²) >= 11 is 0. The molecular formula is C9H14N2.